The van der Waals surface area contributed by atoms with Gasteiger partial charge in [0.2, 0.25) is 0 Å². The number of nitrogens with one attached hydrogen (secondary N) is 1. The predicted molar refractivity (Wildman–Crippen MR) is 65.1 cm³/mol. The summed E-state index contributed by atoms with van der Waals surface area (Å²) in [7, 11) is 0. The molecular weight excluding hydrogens is 212 g/mol. The molecule has 0 aliphatic carbocycles. The Bertz CT molecular complexity index is 485. The van der Waals surface area contributed by atoms with Crippen LogP contribution >= 0.6 is 0 Å². The summed E-state index contributed by atoms with van der Waals surface area (Å²) in [4.78, 5) is 2.24. The first kappa shape index (κ1) is 9.66. The van der Waals surface area contributed by atoms with Gasteiger partial charge in [-0.3, -0.25) is 5.41 Å². The second kappa shape index (κ2) is 3.33. The van der Waals surface area contributed by atoms with Gasteiger partial charge in [-0.05, 0) is 24.8 Å². The summed E-state index contributed by atoms with van der Waals surface area (Å²) in [5.74, 6) is 0.696. The van der Waals surface area contributed by atoms with E-state index >= 15 is 0 Å². The fourth-order valence-electron chi connectivity index (χ4n) is 3.53. The maximum absolute atomic E-state index is 8.30. The molecule has 2 fully saturated rings. The summed E-state index contributed by atoms with van der Waals surface area (Å²) in [6, 6.07) is 8.72. The molecule has 17 heavy (non-hydrogen) atoms. The molecule has 2 bridgehead atoms. The van der Waals surface area contributed by atoms with Crippen LogP contribution in [0.3, 0.4) is 0 Å². The molecule has 3 nitrogen and oxygen atoms in total. The Morgan fingerprint density at radius 2 is 2.12 bits per heavy atom. The van der Waals surface area contributed by atoms with Crippen LogP contribution in [0.5, 0.6) is 0 Å². The Labute approximate surface area is 101 Å². The second-order valence-corrected chi connectivity index (χ2v) is 5.31. The molecule has 3 heterocycles. The summed E-state index contributed by atoms with van der Waals surface area (Å²) in [5, 5.41) is 8.30. The van der Waals surface area contributed by atoms with Crippen molar-refractivity contribution >= 4 is 5.84 Å². The number of hydrogen-bond donors (Lipinski definition) is 1. The highest BCUT2D eigenvalue weighted by Gasteiger charge is 2.45. The first-order valence-corrected chi connectivity index (χ1v) is 6.42. The van der Waals surface area contributed by atoms with E-state index < -0.39 is 0 Å². The van der Waals surface area contributed by atoms with Gasteiger partial charge < -0.3 is 9.64 Å². The highest BCUT2D eigenvalue weighted by atomic mass is 16.5. The van der Waals surface area contributed by atoms with Gasteiger partial charge >= 0.3 is 0 Å². The van der Waals surface area contributed by atoms with Gasteiger partial charge in [0.25, 0.3) is 0 Å². The van der Waals surface area contributed by atoms with Crippen LogP contribution in [0.25, 0.3) is 0 Å². The summed E-state index contributed by atoms with van der Waals surface area (Å²) in [5.41, 5.74) is 2.40. The van der Waals surface area contributed by atoms with Crippen molar-refractivity contribution in [1.82, 2.24) is 4.90 Å². The normalized spacial score (nSPS) is 34.5. The third-order valence-corrected chi connectivity index (χ3v) is 4.37. The lowest BCUT2D eigenvalue weighted by molar-refractivity contribution is 0.0855. The van der Waals surface area contributed by atoms with Crippen LogP contribution in [-0.4, -0.2) is 29.0 Å². The molecule has 3 heteroatoms. The van der Waals surface area contributed by atoms with Gasteiger partial charge in [0, 0.05) is 12.1 Å². The summed E-state index contributed by atoms with van der Waals surface area (Å²) in [6.45, 7) is 0.895. The number of hydrogen-bond acceptors (Lipinski definition) is 2. The van der Waals surface area contributed by atoms with Crippen LogP contribution in [0.15, 0.2) is 24.3 Å². The molecule has 3 aliphatic heterocycles. The maximum atomic E-state index is 8.30. The number of nitrogens with zero attached hydrogens (tertiary/aromatic N) is 1. The van der Waals surface area contributed by atoms with Crippen molar-refractivity contribution in [2.75, 3.05) is 0 Å². The minimum Gasteiger partial charge on any atom is -0.373 e. The van der Waals surface area contributed by atoms with Crippen molar-refractivity contribution in [3.8, 4) is 0 Å². The van der Waals surface area contributed by atoms with Crippen molar-refractivity contribution in [1.29, 1.82) is 5.41 Å². The molecule has 3 unspecified atom stereocenters. The van der Waals surface area contributed by atoms with E-state index in [0.717, 1.165) is 18.5 Å². The van der Waals surface area contributed by atoms with E-state index in [1.165, 1.54) is 18.4 Å². The minimum absolute atomic E-state index is 0.370. The van der Waals surface area contributed by atoms with Crippen molar-refractivity contribution in [2.24, 2.45) is 0 Å². The maximum Gasteiger partial charge on any atom is 0.129 e. The summed E-state index contributed by atoms with van der Waals surface area (Å²) in [6.07, 6.45) is 4.34. The Morgan fingerprint density at radius 3 is 2.82 bits per heavy atom. The topological polar surface area (TPSA) is 36.3 Å². The lowest BCUT2D eigenvalue weighted by atomic mass is 9.94. The molecule has 0 saturated carbocycles. The quantitative estimate of drug-likeness (QED) is 0.799. The Morgan fingerprint density at radius 1 is 1.24 bits per heavy atom. The molecule has 0 amide bonds. The largest absolute Gasteiger partial charge is 0.373 e. The smallest absolute Gasteiger partial charge is 0.129 e. The second-order valence-electron chi connectivity index (χ2n) is 5.31. The van der Waals surface area contributed by atoms with E-state index in [0.29, 0.717) is 24.1 Å². The number of ether oxygens (including phenoxy) is 1. The molecule has 1 N–H and O–H groups in total. The molecule has 0 aromatic heterocycles. The van der Waals surface area contributed by atoms with Crippen molar-refractivity contribution in [2.45, 2.75) is 44.1 Å². The van der Waals surface area contributed by atoms with Crippen molar-refractivity contribution in [3.05, 3.63) is 35.4 Å². The summed E-state index contributed by atoms with van der Waals surface area (Å²) >= 11 is 0. The fourth-order valence-corrected chi connectivity index (χ4v) is 3.53. The third-order valence-electron chi connectivity index (χ3n) is 4.37. The van der Waals surface area contributed by atoms with Gasteiger partial charge in [-0.15, -0.1) is 0 Å². The zero-order valence-corrected chi connectivity index (χ0v) is 9.73. The molecule has 1 aromatic rings. The van der Waals surface area contributed by atoms with E-state index in [-0.39, 0.29) is 0 Å². The van der Waals surface area contributed by atoms with E-state index in [2.05, 4.69) is 23.1 Å². The lowest BCUT2D eigenvalue weighted by Crippen LogP contribution is -2.41. The minimum atomic E-state index is 0.370. The average molecular weight is 228 g/mol. The van der Waals surface area contributed by atoms with E-state index in [1.807, 2.05) is 6.07 Å². The van der Waals surface area contributed by atoms with E-state index in [4.69, 9.17) is 10.1 Å². The number of benzene rings is 1. The lowest BCUT2D eigenvalue weighted by Gasteiger charge is -2.30. The fraction of sp³-hybridized carbons (Fsp3) is 0.500. The number of amidine groups is 1. The van der Waals surface area contributed by atoms with Crippen LogP contribution in [0, 0.1) is 5.41 Å². The predicted octanol–water partition coefficient (Wildman–Crippen LogP) is 2.15. The van der Waals surface area contributed by atoms with Gasteiger partial charge in [-0.25, -0.2) is 0 Å². The van der Waals surface area contributed by atoms with Crippen LogP contribution in [0.2, 0.25) is 0 Å². The zero-order valence-electron chi connectivity index (χ0n) is 9.73. The number of fused-ring (bicyclic) bond motifs is 3. The van der Waals surface area contributed by atoms with E-state index in [1.54, 1.807) is 0 Å². The molecule has 3 atom stereocenters. The zero-order chi connectivity index (χ0) is 11.4. The molecule has 88 valence electrons. The highest BCUT2D eigenvalue weighted by Crippen LogP contribution is 2.39. The Balaban J connectivity index is 1.64. The Hall–Kier alpha value is -1.35. The molecule has 0 spiro atoms. The molecule has 1 aromatic carbocycles. The van der Waals surface area contributed by atoms with Crippen LogP contribution in [-0.2, 0) is 11.3 Å². The van der Waals surface area contributed by atoms with Gasteiger partial charge in [-0.1, -0.05) is 24.3 Å². The van der Waals surface area contributed by atoms with Gasteiger partial charge in [0.15, 0.2) is 0 Å². The van der Waals surface area contributed by atoms with Gasteiger partial charge in [0.1, 0.15) is 5.84 Å². The summed E-state index contributed by atoms with van der Waals surface area (Å²) < 4.78 is 5.91. The first-order valence-electron chi connectivity index (χ1n) is 6.42. The van der Waals surface area contributed by atoms with E-state index in [9.17, 15) is 0 Å². The molecule has 3 aliphatic rings. The van der Waals surface area contributed by atoms with Crippen LogP contribution in [0.4, 0.5) is 0 Å². The van der Waals surface area contributed by atoms with Gasteiger partial charge in [0.05, 0.1) is 18.2 Å². The highest BCUT2D eigenvalue weighted by molar-refractivity contribution is 6.00. The standard InChI is InChI=1S/C14H16N2O/c15-14-11-4-2-1-3-9(11)8-16(14)12-7-10-5-6-13(12)17-10/h1-4,10,12-13,15H,5-8H2. The molecule has 2 saturated heterocycles. The SMILES string of the molecule is N=C1c2ccccc2CN1C1CC2CCC1O2. The monoisotopic (exact) mass is 228 g/mol. The molecule has 4 rings (SSSR count). The number of rotatable bonds is 1. The van der Waals surface area contributed by atoms with Gasteiger partial charge in [-0.2, -0.15) is 0 Å². The molecule has 0 radical (unpaired) electrons. The average Bonchev–Trinajstić information content (AvgIpc) is 3.03. The van der Waals surface area contributed by atoms with Crippen LogP contribution < -0.4 is 0 Å². The van der Waals surface area contributed by atoms with Crippen LogP contribution in [0.1, 0.15) is 30.4 Å². The molecular formula is C14H16N2O. The third kappa shape index (κ3) is 1.29. The van der Waals surface area contributed by atoms with Crippen molar-refractivity contribution in [3.63, 3.8) is 0 Å². The Kier molecular flexibility index (Phi) is 1.89. The first-order chi connectivity index (χ1) is 8.33. The van der Waals surface area contributed by atoms with Crippen molar-refractivity contribution < 1.29 is 4.74 Å².